The molecule has 0 bridgehead atoms. The Morgan fingerprint density at radius 1 is 1.33 bits per heavy atom. The van der Waals surface area contributed by atoms with E-state index in [1.54, 1.807) is 13.3 Å². The van der Waals surface area contributed by atoms with Gasteiger partial charge in [-0.15, -0.1) is 0 Å². The predicted octanol–water partition coefficient (Wildman–Crippen LogP) is 3.10. The highest BCUT2D eigenvalue weighted by Crippen LogP contribution is 2.22. The monoisotopic (exact) mass is 252 g/mol. The molecule has 1 aromatic rings. The van der Waals surface area contributed by atoms with Crippen molar-refractivity contribution in [2.45, 2.75) is 39.2 Å². The van der Waals surface area contributed by atoms with Crippen LogP contribution in [0.1, 0.15) is 33.1 Å². The lowest BCUT2D eigenvalue weighted by molar-refractivity contribution is 0.182. The lowest BCUT2D eigenvalue weighted by atomic mass is 10.2. The molecule has 0 aliphatic rings. The summed E-state index contributed by atoms with van der Waals surface area (Å²) < 4.78 is 10.9. The van der Waals surface area contributed by atoms with Crippen molar-refractivity contribution in [2.75, 3.05) is 25.6 Å². The van der Waals surface area contributed by atoms with Gasteiger partial charge in [0.05, 0.1) is 19.3 Å². The van der Waals surface area contributed by atoms with Crippen LogP contribution >= 0.6 is 0 Å². The van der Waals surface area contributed by atoms with Crippen LogP contribution < -0.4 is 10.1 Å². The highest BCUT2D eigenvalue weighted by Gasteiger charge is 2.11. The van der Waals surface area contributed by atoms with E-state index in [9.17, 15) is 0 Å². The van der Waals surface area contributed by atoms with Gasteiger partial charge in [-0.1, -0.05) is 20.3 Å². The van der Waals surface area contributed by atoms with Crippen LogP contribution in [-0.4, -0.2) is 31.3 Å². The van der Waals surface area contributed by atoms with Gasteiger partial charge in [-0.25, -0.2) is 4.98 Å². The molecule has 0 saturated heterocycles. The van der Waals surface area contributed by atoms with E-state index in [1.807, 2.05) is 12.1 Å². The maximum Gasteiger partial charge on any atom is 0.169 e. The molecule has 0 aliphatic carbocycles. The molecule has 0 aliphatic heterocycles. The van der Waals surface area contributed by atoms with Gasteiger partial charge in [0, 0.05) is 13.3 Å². The fraction of sp³-hybridized carbons (Fsp3) is 0.643. The molecule has 102 valence electrons. The first-order valence-corrected chi connectivity index (χ1v) is 6.65. The molecule has 1 N–H and O–H groups in total. The summed E-state index contributed by atoms with van der Waals surface area (Å²) >= 11 is 0. The molecule has 0 spiro atoms. The third kappa shape index (κ3) is 4.92. The standard InChI is InChI=1S/C14H24N2O2/c1-4-7-12(11-17-3)16-14-13(18-10-5-2)8-6-9-15-14/h6,8-9,12H,4-5,7,10-11H2,1-3H3,(H,15,16). The Morgan fingerprint density at radius 2 is 2.17 bits per heavy atom. The molecule has 0 amide bonds. The summed E-state index contributed by atoms with van der Waals surface area (Å²) in [6, 6.07) is 4.11. The van der Waals surface area contributed by atoms with Crippen molar-refractivity contribution in [3.63, 3.8) is 0 Å². The summed E-state index contributed by atoms with van der Waals surface area (Å²) in [6.45, 7) is 5.65. The maximum absolute atomic E-state index is 5.68. The number of hydrogen-bond donors (Lipinski definition) is 1. The minimum absolute atomic E-state index is 0.277. The zero-order valence-electron chi connectivity index (χ0n) is 11.6. The SMILES string of the molecule is CCCOc1cccnc1NC(CCC)COC. The van der Waals surface area contributed by atoms with Crippen molar-refractivity contribution < 1.29 is 9.47 Å². The third-order valence-corrected chi connectivity index (χ3v) is 2.58. The number of methoxy groups -OCH3 is 1. The highest BCUT2D eigenvalue weighted by molar-refractivity contribution is 5.50. The largest absolute Gasteiger partial charge is 0.490 e. The number of anilines is 1. The predicted molar refractivity (Wildman–Crippen MR) is 74.2 cm³/mol. The topological polar surface area (TPSA) is 43.4 Å². The van der Waals surface area contributed by atoms with Gasteiger partial charge in [-0.05, 0) is 25.0 Å². The minimum atomic E-state index is 0.277. The fourth-order valence-corrected chi connectivity index (χ4v) is 1.77. The molecule has 0 fully saturated rings. The van der Waals surface area contributed by atoms with Crippen molar-refractivity contribution in [2.24, 2.45) is 0 Å². The molecule has 4 heteroatoms. The minimum Gasteiger partial charge on any atom is -0.490 e. The van der Waals surface area contributed by atoms with Crippen molar-refractivity contribution in [3.8, 4) is 5.75 Å². The lowest BCUT2D eigenvalue weighted by Gasteiger charge is -2.19. The first kappa shape index (κ1) is 14.8. The Hall–Kier alpha value is -1.29. The Morgan fingerprint density at radius 3 is 2.83 bits per heavy atom. The van der Waals surface area contributed by atoms with Gasteiger partial charge in [-0.2, -0.15) is 0 Å². The van der Waals surface area contributed by atoms with E-state index < -0.39 is 0 Å². The van der Waals surface area contributed by atoms with Crippen LogP contribution in [0.25, 0.3) is 0 Å². The second-order valence-corrected chi connectivity index (χ2v) is 4.28. The summed E-state index contributed by atoms with van der Waals surface area (Å²) in [5.41, 5.74) is 0. The second kappa shape index (κ2) is 8.75. The number of rotatable bonds is 9. The number of pyridine rings is 1. The zero-order chi connectivity index (χ0) is 13.2. The van der Waals surface area contributed by atoms with Gasteiger partial charge >= 0.3 is 0 Å². The average molecular weight is 252 g/mol. The van der Waals surface area contributed by atoms with Gasteiger partial charge in [0.25, 0.3) is 0 Å². The summed E-state index contributed by atoms with van der Waals surface area (Å²) in [6.07, 6.45) is 4.93. The molecule has 1 atom stereocenters. The van der Waals surface area contributed by atoms with Crippen molar-refractivity contribution in [1.29, 1.82) is 0 Å². The molecule has 1 aromatic heterocycles. The fourth-order valence-electron chi connectivity index (χ4n) is 1.77. The number of hydrogen-bond acceptors (Lipinski definition) is 4. The van der Waals surface area contributed by atoms with Gasteiger partial charge in [0.1, 0.15) is 0 Å². The maximum atomic E-state index is 5.68. The van der Waals surface area contributed by atoms with Crippen molar-refractivity contribution in [3.05, 3.63) is 18.3 Å². The second-order valence-electron chi connectivity index (χ2n) is 4.28. The number of ether oxygens (including phenoxy) is 2. The summed E-state index contributed by atoms with van der Waals surface area (Å²) in [5.74, 6) is 1.62. The first-order chi connectivity index (χ1) is 8.81. The third-order valence-electron chi connectivity index (χ3n) is 2.58. The van der Waals surface area contributed by atoms with Crippen LogP contribution in [0.15, 0.2) is 18.3 Å². The van der Waals surface area contributed by atoms with Crippen LogP contribution in [0.2, 0.25) is 0 Å². The molecule has 0 saturated carbocycles. The van der Waals surface area contributed by atoms with Gasteiger partial charge in [0.2, 0.25) is 0 Å². The smallest absolute Gasteiger partial charge is 0.169 e. The van der Waals surface area contributed by atoms with E-state index in [0.717, 1.165) is 30.8 Å². The van der Waals surface area contributed by atoms with E-state index in [0.29, 0.717) is 13.2 Å². The van der Waals surface area contributed by atoms with E-state index in [-0.39, 0.29) is 6.04 Å². The molecule has 0 aromatic carbocycles. The summed E-state index contributed by atoms with van der Waals surface area (Å²) in [7, 11) is 1.72. The quantitative estimate of drug-likeness (QED) is 0.733. The molecule has 18 heavy (non-hydrogen) atoms. The molecule has 4 nitrogen and oxygen atoms in total. The van der Waals surface area contributed by atoms with E-state index >= 15 is 0 Å². The average Bonchev–Trinajstić information content (AvgIpc) is 2.38. The van der Waals surface area contributed by atoms with E-state index in [4.69, 9.17) is 9.47 Å². The normalized spacial score (nSPS) is 12.2. The Bertz CT molecular complexity index is 325. The van der Waals surface area contributed by atoms with Gasteiger partial charge in [-0.3, -0.25) is 0 Å². The summed E-state index contributed by atoms with van der Waals surface area (Å²) in [4.78, 5) is 4.34. The molecule has 0 radical (unpaired) electrons. The van der Waals surface area contributed by atoms with E-state index in [2.05, 4.69) is 24.1 Å². The van der Waals surface area contributed by atoms with E-state index in [1.165, 1.54) is 0 Å². The van der Waals surface area contributed by atoms with Crippen LogP contribution in [0, 0.1) is 0 Å². The highest BCUT2D eigenvalue weighted by atomic mass is 16.5. The molecular formula is C14H24N2O2. The summed E-state index contributed by atoms with van der Waals surface area (Å²) in [5, 5.41) is 3.40. The molecule has 1 rings (SSSR count). The first-order valence-electron chi connectivity index (χ1n) is 6.65. The van der Waals surface area contributed by atoms with Crippen LogP contribution in [-0.2, 0) is 4.74 Å². The number of nitrogens with one attached hydrogen (secondary N) is 1. The van der Waals surface area contributed by atoms with Gasteiger partial charge < -0.3 is 14.8 Å². The lowest BCUT2D eigenvalue weighted by Crippen LogP contribution is -2.25. The molecule has 1 heterocycles. The number of nitrogens with zero attached hydrogens (tertiary/aromatic N) is 1. The number of aromatic nitrogens is 1. The van der Waals surface area contributed by atoms with Crippen LogP contribution in [0.4, 0.5) is 5.82 Å². The van der Waals surface area contributed by atoms with Gasteiger partial charge in [0.15, 0.2) is 11.6 Å². The molecule has 1 unspecified atom stereocenters. The Labute approximate surface area is 110 Å². The Kier molecular flexibility index (Phi) is 7.18. The van der Waals surface area contributed by atoms with Crippen LogP contribution in [0.3, 0.4) is 0 Å². The van der Waals surface area contributed by atoms with Crippen molar-refractivity contribution in [1.82, 2.24) is 4.98 Å². The Balaban J connectivity index is 2.67. The van der Waals surface area contributed by atoms with Crippen LogP contribution in [0.5, 0.6) is 5.75 Å². The molecular weight excluding hydrogens is 228 g/mol. The zero-order valence-corrected chi connectivity index (χ0v) is 11.6. The van der Waals surface area contributed by atoms with Crippen molar-refractivity contribution >= 4 is 5.82 Å².